The number of carbonyl (C=O) groups is 1. The minimum atomic E-state index is -3.64. The molecule has 8 heteroatoms. The molecule has 6 nitrogen and oxygen atoms in total. The van der Waals surface area contributed by atoms with E-state index in [1.165, 1.54) is 0 Å². The van der Waals surface area contributed by atoms with Crippen molar-refractivity contribution < 1.29 is 17.9 Å². The van der Waals surface area contributed by atoms with Crippen LogP contribution in [0.3, 0.4) is 0 Å². The van der Waals surface area contributed by atoms with Gasteiger partial charge in [-0.25, -0.2) is 8.42 Å². The summed E-state index contributed by atoms with van der Waals surface area (Å²) in [4.78, 5) is 12.3. The summed E-state index contributed by atoms with van der Waals surface area (Å²) in [5.74, 6) is 0.386. The number of sulfonamides is 1. The van der Waals surface area contributed by atoms with Crippen molar-refractivity contribution in [2.45, 2.75) is 13.3 Å². The Morgan fingerprint density at radius 2 is 1.85 bits per heavy atom. The maximum Gasteiger partial charge on any atom is 0.240 e. The highest BCUT2D eigenvalue weighted by Crippen LogP contribution is 2.27. The Balaban J connectivity index is 2.00. The number of hydrogen-bond acceptors (Lipinski definition) is 4. The van der Waals surface area contributed by atoms with Gasteiger partial charge >= 0.3 is 0 Å². The van der Waals surface area contributed by atoms with Gasteiger partial charge in [0.2, 0.25) is 15.9 Å². The van der Waals surface area contributed by atoms with Gasteiger partial charge in [0, 0.05) is 11.6 Å². The molecule has 27 heavy (non-hydrogen) atoms. The van der Waals surface area contributed by atoms with E-state index in [1.807, 2.05) is 24.3 Å². The zero-order chi connectivity index (χ0) is 20.0. The summed E-state index contributed by atoms with van der Waals surface area (Å²) in [7, 11) is -2.04. The highest BCUT2D eigenvalue weighted by Gasteiger charge is 2.22. The van der Waals surface area contributed by atoms with Gasteiger partial charge in [0.1, 0.15) is 12.3 Å². The Morgan fingerprint density at radius 3 is 2.44 bits per heavy atom. The van der Waals surface area contributed by atoms with Crippen LogP contribution in [0.2, 0.25) is 5.02 Å². The van der Waals surface area contributed by atoms with Crippen molar-refractivity contribution in [1.82, 2.24) is 5.32 Å². The van der Waals surface area contributed by atoms with Gasteiger partial charge in [-0.2, -0.15) is 0 Å². The molecule has 0 aliphatic carbocycles. The summed E-state index contributed by atoms with van der Waals surface area (Å²) in [5.41, 5.74) is 2.05. The highest BCUT2D eigenvalue weighted by molar-refractivity contribution is 7.92. The minimum Gasteiger partial charge on any atom is -0.497 e. The molecule has 0 aliphatic rings. The van der Waals surface area contributed by atoms with Crippen molar-refractivity contribution >= 4 is 33.2 Å². The summed E-state index contributed by atoms with van der Waals surface area (Å²) >= 11 is 6.09. The molecule has 2 aromatic rings. The van der Waals surface area contributed by atoms with Gasteiger partial charge in [-0.3, -0.25) is 9.10 Å². The number of benzene rings is 2. The molecular weight excluding hydrogens is 388 g/mol. The number of nitrogens with zero attached hydrogens (tertiary/aromatic N) is 1. The standard InChI is InChI=1S/C19H23ClN2O4S/c1-14-17(20)5-4-6-18(14)22(27(3,24)25)13-19(23)21-12-11-15-7-9-16(26-2)10-8-15/h4-10H,11-13H2,1-3H3,(H,21,23). The number of anilines is 1. The number of halogens is 1. The van der Waals surface area contributed by atoms with Gasteiger partial charge < -0.3 is 10.1 Å². The Labute approximate surface area is 165 Å². The SMILES string of the molecule is COc1ccc(CCNC(=O)CN(c2cccc(Cl)c2C)S(C)(=O)=O)cc1. The highest BCUT2D eigenvalue weighted by atomic mass is 35.5. The second-order valence-electron chi connectivity index (χ2n) is 6.10. The molecule has 0 radical (unpaired) electrons. The molecule has 0 atom stereocenters. The Kier molecular flexibility index (Phi) is 7.10. The topological polar surface area (TPSA) is 75.7 Å². The Morgan fingerprint density at radius 1 is 1.19 bits per heavy atom. The summed E-state index contributed by atoms with van der Waals surface area (Å²) < 4.78 is 30.5. The van der Waals surface area contributed by atoms with E-state index in [2.05, 4.69) is 5.32 Å². The van der Waals surface area contributed by atoms with E-state index in [1.54, 1.807) is 32.2 Å². The van der Waals surface area contributed by atoms with Crippen LogP contribution in [0.15, 0.2) is 42.5 Å². The van der Waals surface area contributed by atoms with E-state index in [0.717, 1.165) is 21.9 Å². The predicted molar refractivity (Wildman–Crippen MR) is 108 cm³/mol. The third-order valence-electron chi connectivity index (χ3n) is 4.09. The number of amides is 1. The fraction of sp³-hybridized carbons (Fsp3) is 0.316. The summed E-state index contributed by atoms with van der Waals surface area (Å²) in [6, 6.07) is 12.5. The van der Waals surface area contributed by atoms with Crippen LogP contribution in [-0.2, 0) is 21.2 Å². The quantitative estimate of drug-likeness (QED) is 0.726. The summed E-state index contributed by atoms with van der Waals surface area (Å²) in [5, 5.41) is 3.20. The molecule has 0 aromatic heterocycles. The van der Waals surface area contributed by atoms with Crippen LogP contribution < -0.4 is 14.4 Å². The molecule has 0 spiro atoms. The van der Waals surface area contributed by atoms with Gasteiger partial charge in [-0.05, 0) is 48.7 Å². The zero-order valence-corrected chi connectivity index (χ0v) is 17.1. The molecule has 2 aromatic carbocycles. The lowest BCUT2D eigenvalue weighted by Gasteiger charge is -2.24. The molecule has 2 rings (SSSR count). The van der Waals surface area contributed by atoms with Crippen LogP contribution in [0.5, 0.6) is 5.75 Å². The maximum absolute atomic E-state index is 12.3. The van der Waals surface area contributed by atoms with E-state index in [9.17, 15) is 13.2 Å². The Hall–Kier alpha value is -2.25. The lowest BCUT2D eigenvalue weighted by atomic mass is 10.1. The molecule has 0 heterocycles. The second kappa shape index (κ2) is 9.10. The van der Waals surface area contributed by atoms with Crippen LogP contribution in [0.4, 0.5) is 5.69 Å². The fourth-order valence-electron chi connectivity index (χ4n) is 2.57. The van der Waals surface area contributed by atoms with Crippen molar-refractivity contribution in [3.63, 3.8) is 0 Å². The van der Waals surface area contributed by atoms with Gasteiger partial charge in [0.25, 0.3) is 0 Å². The molecule has 0 fully saturated rings. The number of nitrogens with one attached hydrogen (secondary N) is 1. The first-order valence-corrected chi connectivity index (χ1v) is 10.6. The molecule has 0 bridgehead atoms. The number of ether oxygens (including phenoxy) is 1. The summed E-state index contributed by atoms with van der Waals surface area (Å²) in [6.45, 7) is 1.82. The first-order valence-electron chi connectivity index (χ1n) is 8.35. The van der Waals surface area contributed by atoms with E-state index in [0.29, 0.717) is 29.2 Å². The maximum atomic E-state index is 12.3. The van der Waals surface area contributed by atoms with Gasteiger partial charge in [0.05, 0.1) is 19.1 Å². The van der Waals surface area contributed by atoms with E-state index in [-0.39, 0.29) is 12.5 Å². The zero-order valence-electron chi connectivity index (χ0n) is 15.5. The Bertz CT molecular complexity index is 898. The molecular formula is C19H23ClN2O4S. The average molecular weight is 411 g/mol. The minimum absolute atomic E-state index is 0.303. The number of hydrogen-bond donors (Lipinski definition) is 1. The second-order valence-corrected chi connectivity index (χ2v) is 8.42. The third-order valence-corrected chi connectivity index (χ3v) is 5.63. The van der Waals surface area contributed by atoms with Crippen molar-refractivity contribution in [2.24, 2.45) is 0 Å². The normalized spacial score (nSPS) is 11.1. The van der Waals surface area contributed by atoms with Gasteiger partial charge in [-0.15, -0.1) is 0 Å². The molecule has 1 N–H and O–H groups in total. The van der Waals surface area contributed by atoms with Crippen molar-refractivity contribution in [2.75, 3.05) is 30.8 Å². The van der Waals surface area contributed by atoms with E-state index >= 15 is 0 Å². The van der Waals surface area contributed by atoms with E-state index < -0.39 is 10.0 Å². The molecule has 1 amide bonds. The van der Waals surface area contributed by atoms with Crippen molar-refractivity contribution in [3.05, 3.63) is 58.6 Å². The number of methoxy groups -OCH3 is 1. The van der Waals surface area contributed by atoms with Crippen LogP contribution in [-0.4, -0.2) is 40.8 Å². The first kappa shape index (κ1) is 21.1. The molecule has 0 saturated carbocycles. The van der Waals surface area contributed by atoms with E-state index in [4.69, 9.17) is 16.3 Å². The van der Waals surface area contributed by atoms with Crippen molar-refractivity contribution in [1.29, 1.82) is 0 Å². The molecule has 0 unspecified atom stereocenters. The largest absolute Gasteiger partial charge is 0.497 e. The molecule has 146 valence electrons. The fourth-order valence-corrected chi connectivity index (χ4v) is 3.65. The van der Waals surface area contributed by atoms with Crippen LogP contribution in [0.25, 0.3) is 0 Å². The first-order chi connectivity index (χ1) is 12.7. The smallest absolute Gasteiger partial charge is 0.240 e. The van der Waals surface area contributed by atoms with Crippen LogP contribution >= 0.6 is 11.6 Å². The monoisotopic (exact) mass is 410 g/mol. The lowest BCUT2D eigenvalue weighted by Crippen LogP contribution is -2.41. The average Bonchev–Trinajstić information content (AvgIpc) is 2.62. The third kappa shape index (κ3) is 5.87. The van der Waals surface area contributed by atoms with Crippen LogP contribution in [0, 0.1) is 6.92 Å². The number of carbonyl (C=O) groups excluding carboxylic acids is 1. The van der Waals surface area contributed by atoms with Crippen molar-refractivity contribution in [3.8, 4) is 5.75 Å². The molecule has 0 saturated heterocycles. The molecule has 0 aliphatic heterocycles. The summed E-state index contributed by atoms with van der Waals surface area (Å²) in [6.07, 6.45) is 1.70. The van der Waals surface area contributed by atoms with Gasteiger partial charge in [0.15, 0.2) is 0 Å². The van der Waals surface area contributed by atoms with Crippen LogP contribution in [0.1, 0.15) is 11.1 Å². The van der Waals surface area contributed by atoms with Gasteiger partial charge in [-0.1, -0.05) is 29.8 Å². The predicted octanol–water partition coefficient (Wildman–Crippen LogP) is 2.78. The lowest BCUT2D eigenvalue weighted by molar-refractivity contribution is -0.119. The number of rotatable bonds is 8.